The van der Waals surface area contributed by atoms with Crippen LogP contribution in [0.15, 0.2) is 49.0 Å². The van der Waals surface area contributed by atoms with E-state index in [0.29, 0.717) is 11.3 Å². The lowest BCUT2D eigenvalue weighted by atomic mass is 10.00. The monoisotopic (exact) mass is 475 g/mol. The van der Waals surface area contributed by atoms with Gasteiger partial charge >= 0.3 is 6.09 Å². The first-order chi connectivity index (χ1) is 16.4. The molecule has 2 N–H and O–H groups in total. The van der Waals surface area contributed by atoms with Crippen molar-refractivity contribution in [2.24, 2.45) is 0 Å². The Labute approximate surface area is 207 Å². The lowest BCUT2D eigenvalue weighted by molar-refractivity contribution is -0.136. The third kappa shape index (κ3) is 7.21. The van der Waals surface area contributed by atoms with Gasteiger partial charge in [-0.2, -0.15) is 0 Å². The normalized spacial score (nSPS) is 12.5. The van der Waals surface area contributed by atoms with Crippen molar-refractivity contribution in [3.8, 4) is 12.5 Å². The van der Waals surface area contributed by atoms with Crippen LogP contribution in [0, 0.1) is 26.3 Å². The number of amides is 3. The first-order valence-corrected chi connectivity index (χ1v) is 11.3. The summed E-state index contributed by atoms with van der Waals surface area (Å²) in [6, 6.07) is 12.8. The fourth-order valence-electron chi connectivity index (χ4n) is 3.50. The minimum absolute atomic E-state index is 0.487. The number of para-hydroxylation sites is 1. The molecule has 0 aromatic heterocycles. The van der Waals surface area contributed by atoms with Crippen molar-refractivity contribution in [1.82, 2.24) is 10.2 Å². The fourth-order valence-corrected chi connectivity index (χ4v) is 3.50. The number of rotatable bonds is 7. The summed E-state index contributed by atoms with van der Waals surface area (Å²) in [5, 5.41) is 5.42. The molecule has 2 aromatic carbocycles. The number of aryl methyl sites for hydroxylation is 2. The Kier molecular flexibility index (Phi) is 8.85. The van der Waals surface area contributed by atoms with Gasteiger partial charge in [0.05, 0.1) is 0 Å². The number of carbonyl (C=O) groups excluding carboxylic acids is 3. The molecule has 0 saturated heterocycles. The van der Waals surface area contributed by atoms with Crippen molar-refractivity contribution < 1.29 is 19.1 Å². The Hall–Kier alpha value is -4.05. The van der Waals surface area contributed by atoms with Gasteiger partial charge in [0.2, 0.25) is 0 Å². The Morgan fingerprint density at radius 1 is 1.11 bits per heavy atom. The summed E-state index contributed by atoms with van der Waals surface area (Å²) in [6.07, 6.45) is 6.63. The van der Waals surface area contributed by atoms with Gasteiger partial charge in [0, 0.05) is 11.7 Å². The van der Waals surface area contributed by atoms with Crippen LogP contribution in [0.3, 0.4) is 0 Å². The molecule has 7 heteroatoms. The summed E-state index contributed by atoms with van der Waals surface area (Å²) in [7, 11) is 0. The minimum Gasteiger partial charge on any atom is -0.444 e. The molecular formula is C28H33N3O4. The molecular weight excluding hydrogens is 442 g/mol. The molecule has 0 bridgehead atoms. The average Bonchev–Trinajstić information content (AvgIpc) is 2.77. The molecule has 0 heterocycles. The highest BCUT2D eigenvalue weighted by Gasteiger charge is 2.34. The molecule has 0 fully saturated rings. The van der Waals surface area contributed by atoms with Crippen LogP contribution >= 0.6 is 0 Å². The minimum atomic E-state index is -1.16. The predicted octanol–water partition coefficient (Wildman–Crippen LogP) is 4.96. The molecule has 0 radical (unpaired) electrons. The molecule has 0 spiro atoms. The van der Waals surface area contributed by atoms with Crippen LogP contribution in [0.1, 0.15) is 56.0 Å². The SMILES string of the molecule is C#CN(C(=O)C(C)NC(=O)OC(C)(C)C)C(C(=O)Nc1c(C)cccc1C)c1cccc(C=C)c1. The molecule has 2 atom stereocenters. The smallest absolute Gasteiger partial charge is 0.408 e. The highest BCUT2D eigenvalue weighted by atomic mass is 16.6. The second-order valence-electron chi connectivity index (χ2n) is 9.24. The van der Waals surface area contributed by atoms with E-state index in [1.165, 1.54) is 6.92 Å². The second kappa shape index (κ2) is 11.4. The molecule has 0 aliphatic rings. The van der Waals surface area contributed by atoms with E-state index in [1.54, 1.807) is 45.0 Å². The van der Waals surface area contributed by atoms with Crippen molar-refractivity contribution in [2.45, 2.75) is 59.2 Å². The summed E-state index contributed by atoms with van der Waals surface area (Å²) in [5.74, 6) is -1.12. The van der Waals surface area contributed by atoms with E-state index < -0.39 is 35.6 Å². The summed E-state index contributed by atoms with van der Waals surface area (Å²) >= 11 is 0. The van der Waals surface area contributed by atoms with Crippen LogP contribution in [0.2, 0.25) is 0 Å². The van der Waals surface area contributed by atoms with Crippen LogP contribution in [0.25, 0.3) is 6.08 Å². The van der Waals surface area contributed by atoms with E-state index in [2.05, 4.69) is 23.3 Å². The maximum absolute atomic E-state index is 13.6. The Morgan fingerprint density at radius 2 is 1.71 bits per heavy atom. The second-order valence-corrected chi connectivity index (χ2v) is 9.24. The maximum atomic E-state index is 13.6. The van der Waals surface area contributed by atoms with Crippen LogP contribution in [-0.4, -0.2) is 34.5 Å². The molecule has 2 aromatic rings. The van der Waals surface area contributed by atoms with Gasteiger partial charge in [0.1, 0.15) is 17.7 Å². The number of carbonyl (C=O) groups is 3. The van der Waals surface area contributed by atoms with Crippen molar-refractivity contribution in [1.29, 1.82) is 0 Å². The molecule has 2 rings (SSSR count). The third-order valence-corrected chi connectivity index (χ3v) is 5.18. The van der Waals surface area contributed by atoms with Gasteiger partial charge in [-0.3, -0.25) is 14.5 Å². The topological polar surface area (TPSA) is 87.7 Å². The number of hydrogen-bond acceptors (Lipinski definition) is 4. The molecule has 0 aliphatic carbocycles. The van der Waals surface area contributed by atoms with E-state index in [4.69, 9.17) is 11.2 Å². The predicted molar refractivity (Wildman–Crippen MR) is 138 cm³/mol. The number of anilines is 1. The average molecular weight is 476 g/mol. The van der Waals surface area contributed by atoms with Gasteiger partial charge in [0.25, 0.3) is 11.8 Å². The van der Waals surface area contributed by atoms with Crippen LogP contribution < -0.4 is 10.6 Å². The van der Waals surface area contributed by atoms with E-state index in [9.17, 15) is 14.4 Å². The zero-order valence-corrected chi connectivity index (χ0v) is 21.1. The largest absolute Gasteiger partial charge is 0.444 e. The quantitative estimate of drug-likeness (QED) is 0.438. The summed E-state index contributed by atoms with van der Waals surface area (Å²) < 4.78 is 5.24. The maximum Gasteiger partial charge on any atom is 0.408 e. The Bertz CT molecular complexity index is 1140. The highest BCUT2D eigenvalue weighted by molar-refractivity contribution is 6.00. The van der Waals surface area contributed by atoms with Crippen molar-refractivity contribution in [3.05, 3.63) is 71.3 Å². The molecule has 2 unspecified atom stereocenters. The first kappa shape index (κ1) is 27.2. The van der Waals surface area contributed by atoms with Crippen molar-refractivity contribution in [2.75, 3.05) is 5.32 Å². The standard InChI is InChI=1S/C28H33N3O4/c1-9-21-15-12-16-22(17-21)24(25(32)30-23-18(3)13-11-14-19(23)4)31(10-2)26(33)20(5)29-27(34)35-28(6,7)8/h2,9,11-17,20,24H,1H2,3-8H3,(H,29,34)(H,30,32). The van der Waals surface area contributed by atoms with E-state index in [0.717, 1.165) is 21.6 Å². The number of terminal acetylenes is 1. The zero-order chi connectivity index (χ0) is 26.3. The molecule has 0 saturated carbocycles. The number of alkyl carbamates (subject to hydrolysis) is 1. The summed E-state index contributed by atoms with van der Waals surface area (Å²) in [4.78, 5) is 40.2. The Morgan fingerprint density at radius 3 is 2.26 bits per heavy atom. The first-order valence-electron chi connectivity index (χ1n) is 11.3. The number of hydrogen-bond donors (Lipinski definition) is 2. The number of benzene rings is 2. The number of ether oxygens (including phenoxy) is 1. The van der Waals surface area contributed by atoms with Crippen LogP contribution in [0.5, 0.6) is 0 Å². The van der Waals surface area contributed by atoms with Crippen molar-refractivity contribution >= 4 is 29.7 Å². The third-order valence-electron chi connectivity index (χ3n) is 5.18. The lowest BCUT2D eigenvalue weighted by Crippen LogP contribution is -2.49. The van der Waals surface area contributed by atoms with Gasteiger partial charge in [-0.25, -0.2) is 4.79 Å². The van der Waals surface area contributed by atoms with Gasteiger partial charge < -0.3 is 15.4 Å². The van der Waals surface area contributed by atoms with Crippen LogP contribution in [-0.2, 0) is 14.3 Å². The fraction of sp³-hybridized carbons (Fsp3) is 0.321. The Balaban J connectivity index is 2.44. The lowest BCUT2D eigenvalue weighted by Gasteiger charge is -2.29. The summed E-state index contributed by atoms with van der Waals surface area (Å²) in [6.45, 7) is 14.2. The van der Waals surface area contributed by atoms with E-state index in [-0.39, 0.29) is 0 Å². The van der Waals surface area contributed by atoms with E-state index >= 15 is 0 Å². The molecule has 0 aliphatic heterocycles. The number of nitrogens with one attached hydrogen (secondary N) is 2. The van der Waals surface area contributed by atoms with Gasteiger partial charge in [0.15, 0.2) is 0 Å². The summed E-state index contributed by atoms with van der Waals surface area (Å²) in [5.41, 5.74) is 2.91. The zero-order valence-electron chi connectivity index (χ0n) is 21.1. The van der Waals surface area contributed by atoms with Crippen LogP contribution in [0.4, 0.5) is 10.5 Å². The van der Waals surface area contributed by atoms with Gasteiger partial charge in [-0.05, 0) is 69.9 Å². The number of nitrogens with zero attached hydrogens (tertiary/aromatic N) is 1. The van der Waals surface area contributed by atoms with Gasteiger partial charge in [-0.1, -0.05) is 55.5 Å². The molecule has 7 nitrogen and oxygen atoms in total. The van der Waals surface area contributed by atoms with Crippen molar-refractivity contribution in [3.63, 3.8) is 0 Å². The van der Waals surface area contributed by atoms with E-state index in [1.807, 2.05) is 38.1 Å². The van der Waals surface area contributed by atoms with Gasteiger partial charge in [-0.15, -0.1) is 0 Å². The highest BCUT2D eigenvalue weighted by Crippen LogP contribution is 2.27. The molecule has 35 heavy (non-hydrogen) atoms. The molecule has 184 valence electrons. The molecule has 3 amide bonds.